The molecule has 0 atom stereocenters. The van der Waals surface area contributed by atoms with Gasteiger partial charge in [-0.3, -0.25) is 14.0 Å². The Balaban J connectivity index is 1.44. The van der Waals surface area contributed by atoms with Crippen molar-refractivity contribution in [2.45, 2.75) is 50.7 Å². The van der Waals surface area contributed by atoms with Crippen molar-refractivity contribution in [3.8, 4) is 0 Å². The molecule has 3 heterocycles. The Bertz CT molecular complexity index is 1070. The molecule has 2 aromatic heterocycles. The first-order valence-corrected chi connectivity index (χ1v) is 11.3. The molecule has 6 nitrogen and oxygen atoms in total. The first kappa shape index (κ1) is 20.8. The molecule has 166 valence electrons. The lowest BCUT2D eigenvalue weighted by Crippen LogP contribution is -2.58. The van der Waals surface area contributed by atoms with E-state index in [4.69, 9.17) is 0 Å². The molecule has 31 heavy (non-hydrogen) atoms. The third kappa shape index (κ3) is 3.62. The number of fused-ring (bicyclic) bond motifs is 1. The first-order chi connectivity index (χ1) is 14.6. The van der Waals surface area contributed by atoms with Crippen molar-refractivity contribution in [2.75, 3.05) is 19.6 Å². The highest BCUT2D eigenvalue weighted by atomic mass is 79.9. The average Bonchev–Trinajstić information content (AvgIpc) is 3.48. The number of pyridine rings is 1. The highest BCUT2D eigenvalue weighted by Crippen LogP contribution is 2.43. The molecule has 2 saturated carbocycles. The van der Waals surface area contributed by atoms with Crippen LogP contribution in [0.3, 0.4) is 0 Å². The largest absolute Gasteiger partial charge is 0.419 e. The van der Waals surface area contributed by atoms with Gasteiger partial charge < -0.3 is 9.80 Å². The molecule has 3 aliphatic rings. The van der Waals surface area contributed by atoms with Crippen molar-refractivity contribution in [1.29, 1.82) is 0 Å². The van der Waals surface area contributed by atoms with E-state index in [1.165, 1.54) is 9.30 Å². The van der Waals surface area contributed by atoms with E-state index in [-0.39, 0.29) is 40.4 Å². The van der Waals surface area contributed by atoms with Gasteiger partial charge in [0.1, 0.15) is 11.1 Å². The minimum Gasteiger partial charge on any atom is -0.336 e. The van der Waals surface area contributed by atoms with Gasteiger partial charge in [0.2, 0.25) is 5.91 Å². The van der Waals surface area contributed by atoms with Gasteiger partial charge in [-0.1, -0.05) is 6.92 Å². The minimum absolute atomic E-state index is 0.0799. The zero-order valence-corrected chi connectivity index (χ0v) is 18.5. The van der Waals surface area contributed by atoms with Crippen LogP contribution in [0.1, 0.15) is 60.1 Å². The topological polar surface area (TPSA) is 57.9 Å². The molecule has 0 spiro atoms. The predicted molar refractivity (Wildman–Crippen MR) is 110 cm³/mol. The van der Waals surface area contributed by atoms with Gasteiger partial charge >= 0.3 is 6.18 Å². The maximum absolute atomic E-state index is 13.7. The number of piperazine rings is 1. The molecule has 0 N–H and O–H groups in total. The number of rotatable bonds is 3. The second-order valence-electron chi connectivity index (χ2n) is 8.95. The fourth-order valence-electron chi connectivity index (χ4n) is 4.63. The molecule has 10 heteroatoms. The summed E-state index contributed by atoms with van der Waals surface area (Å²) < 4.78 is 42.6. The summed E-state index contributed by atoms with van der Waals surface area (Å²) in [5, 5.41) is 0. The molecule has 0 aromatic carbocycles. The normalized spacial score (nSPS) is 24.6. The maximum Gasteiger partial charge on any atom is 0.419 e. The standard InChI is InChI=1S/C21H22BrF3N4O2/c1-11-6-14(7-11)28-5-4-27(10-16(28)30)20(31)17-18(22)29-9-13(12-2-3-12)8-15(19(29)26-17)21(23,24)25/h8-9,11-12,14H,2-7,10H2,1H3. The fraction of sp³-hybridized carbons (Fsp3) is 0.571. The third-order valence-corrected chi connectivity index (χ3v) is 7.33. The van der Waals surface area contributed by atoms with E-state index in [1.54, 1.807) is 6.20 Å². The molecular formula is C21H22BrF3N4O2. The van der Waals surface area contributed by atoms with E-state index in [1.807, 2.05) is 4.90 Å². The molecule has 0 bridgehead atoms. The summed E-state index contributed by atoms with van der Waals surface area (Å²) in [5.41, 5.74) is -0.662. The van der Waals surface area contributed by atoms with Gasteiger partial charge in [0, 0.05) is 25.3 Å². The van der Waals surface area contributed by atoms with Gasteiger partial charge in [-0.05, 0) is 65.1 Å². The quantitative estimate of drug-likeness (QED) is 0.640. The zero-order valence-electron chi connectivity index (χ0n) is 17.0. The van der Waals surface area contributed by atoms with E-state index in [2.05, 4.69) is 27.8 Å². The van der Waals surface area contributed by atoms with Crippen LogP contribution >= 0.6 is 15.9 Å². The molecule has 5 rings (SSSR count). The van der Waals surface area contributed by atoms with E-state index in [9.17, 15) is 22.8 Å². The Hall–Kier alpha value is -2.10. The Labute approximate surface area is 185 Å². The molecule has 2 aromatic rings. The van der Waals surface area contributed by atoms with E-state index < -0.39 is 17.6 Å². The van der Waals surface area contributed by atoms with Gasteiger partial charge in [0.15, 0.2) is 11.3 Å². The van der Waals surface area contributed by atoms with Crippen molar-refractivity contribution in [3.63, 3.8) is 0 Å². The summed E-state index contributed by atoms with van der Waals surface area (Å²) in [6, 6.07) is 1.37. The van der Waals surface area contributed by atoms with Gasteiger partial charge in [0.05, 0.1) is 5.56 Å². The van der Waals surface area contributed by atoms with Crippen LogP contribution in [-0.2, 0) is 11.0 Å². The smallest absolute Gasteiger partial charge is 0.336 e. The number of amides is 2. The monoisotopic (exact) mass is 498 g/mol. The van der Waals surface area contributed by atoms with E-state index in [0.29, 0.717) is 24.6 Å². The highest BCUT2D eigenvalue weighted by molar-refractivity contribution is 9.10. The van der Waals surface area contributed by atoms with Gasteiger partial charge in [-0.25, -0.2) is 4.98 Å². The zero-order chi connectivity index (χ0) is 22.1. The van der Waals surface area contributed by atoms with Crippen molar-refractivity contribution < 1.29 is 22.8 Å². The lowest BCUT2D eigenvalue weighted by atomic mass is 9.80. The number of alkyl halides is 3. The molecule has 1 saturated heterocycles. The number of hydrogen-bond acceptors (Lipinski definition) is 3. The van der Waals surface area contributed by atoms with Crippen molar-refractivity contribution in [1.82, 2.24) is 19.2 Å². The summed E-state index contributed by atoms with van der Waals surface area (Å²) in [7, 11) is 0. The Morgan fingerprint density at radius 1 is 1.23 bits per heavy atom. The van der Waals surface area contributed by atoms with Crippen LogP contribution < -0.4 is 0 Å². The van der Waals surface area contributed by atoms with Crippen LogP contribution in [0.15, 0.2) is 16.9 Å². The Morgan fingerprint density at radius 2 is 1.94 bits per heavy atom. The van der Waals surface area contributed by atoms with Crippen molar-refractivity contribution in [3.05, 3.63) is 33.7 Å². The van der Waals surface area contributed by atoms with Crippen molar-refractivity contribution in [2.24, 2.45) is 5.92 Å². The molecule has 0 unspecified atom stereocenters. The summed E-state index contributed by atoms with van der Waals surface area (Å²) in [6.07, 6.45) is 0.693. The SMILES string of the molecule is CC1CC(N2CCN(C(=O)c3nc4c(C(F)(F)F)cc(C5CC5)cn4c3Br)CC2=O)C1. The first-order valence-electron chi connectivity index (χ1n) is 10.5. The third-order valence-electron chi connectivity index (χ3n) is 6.57. The van der Waals surface area contributed by atoms with Crippen LogP contribution in [0.5, 0.6) is 0 Å². The molecule has 3 fully saturated rings. The van der Waals surface area contributed by atoms with E-state index in [0.717, 1.165) is 31.7 Å². The number of aromatic nitrogens is 2. The molecule has 2 aliphatic carbocycles. The van der Waals surface area contributed by atoms with Crippen LogP contribution in [0.2, 0.25) is 0 Å². The summed E-state index contributed by atoms with van der Waals surface area (Å²) in [6.45, 7) is 2.84. The number of hydrogen-bond donors (Lipinski definition) is 0. The van der Waals surface area contributed by atoms with Gasteiger partial charge in [0.25, 0.3) is 5.91 Å². The second kappa shape index (κ2) is 7.21. The maximum atomic E-state index is 13.7. The number of carbonyl (C=O) groups is 2. The second-order valence-corrected chi connectivity index (χ2v) is 9.70. The summed E-state index contributed by atoms with van der Waals surface area (Å²) in [4.78, 5) is 33.0. The van der Waals surface area contributed by atoms with Crippen molar-refractivity contribution >= 4 is 33.4 Å². The number of carbonyl (C=O) groups excluding carboxylic acids is 2. The van der Waals surface area contributed by atoms with E-state index >= 15 is 0 Å². The number of halogens is 4. The minimum atomic E-state index is -4.58. The number of imidazole rings is 1. The lowest BCUT2D eigenvalue weighted by molar-refractivity contribution is -0.140. The fourth-order valence-corrected chi connectivity index (χ4v) is 5.16. The summed E-state index contributed by atoms with van der Waals surface area (Å²) in [5.74, 6) is 0.0589. The molecule has 1 aliphatic heterocycles. The highest BCUT2D eigenvalue weighted by Gasteiger charge is 2.40. The average molecular weight is 499 g/mol. The van der Waals surface area contributed by atoms with Crippen LogP contribution in [-0.4, -0.2) is 56.7 Å². The van der Waals surface area contributed by atoms with Gasteiger partial charge in [-0.15, -0.1) is 0 Å². The lowest BCUT2D eigenvalue weighted by Gasteiger charge is -2.45. The predicted octanol–water partition coefficient (Wildman–Crippen LogP) is 4.08. The summed E-state index contributed by atoms with van der Waals surface area (Å²) >= 11 is 3.29. The van der Waals surface area contributed by atoms with Gasteiger partial charge in [-0.2, -0.15) is 13.2 Å². The molecule has 2 amide bonds. The number of nitrogens with zero attached hydrogens (tertiary/aromatic N) is 4. The van der Waals surface area contributed by atoms with Crippen LogP contribution in [0.4, 0.5) is 13.2 Å². The van der Waals surface area contributed by atoms with Crippen LogP contribution in [0, 0.1) is 5.92 Å². The molecule has 0 radical (unpaired) electrons. The Kier molecular flexibility index (Phi) is 4.84. The Morgan fingerprint density at radius 3 is 2.52 bits per heavy atom. The molecular weight excluding hydrogens is 477 g/mol. The van der Waals surface area contributed by atoms with Crippen LogP contribution in [0.25, 0.3) is 5.65 Å².